The van der Waals surface area contributed by atoms with Gasteiger partial charge in [-0.1, -0.05) is 66.2 Å². The fourth-order valence-electron chi connectivity index (χ4n) is 4.53. The summed E-state index contributed by atoms with van der Waals surface area (Å²) in [5.41, 5.74) is 1.17. The predicted octanol–water partition coefficient (Wildman–Crippen LogP) is 5.98. The molecule has 40 heavy (non-hydrogen) atoms. The fraction of sp³-hybridized carbons (Fsp3) is 0.233. The zero-order chi connectivity index (χ0) is 28.2. The number of allylic oxidation sites excluding steroid dienone is 1. The summed E-state index contributed by atoms with van der Waals surface area (Å²) in [4.78, 5) is 33.6. The van der Waals surface area contributed by atoms with Crippen LogP contribution in [0.4, 0.5) is 0 Å². The van der Waals surface area contributed by atoms with Crippen LogP contribution < -0.4 is 19.6 Å². The van der Waals surface area contributed by atoms with Crippen LogP contribution in [-0.2, 0) is 9.53 Å². The summed E-state index contributed by atoms with van der Waals surface area (Å²) in [6, 6.07) is 17.9. The lowest BCUT2D eigenvalue weighted by molar-refractivity contribution is -0.139. The summed E-state index contributed by atoms with van der Waals surface area (Å²) in [5.74, 6) is 0.515. The van der Waals surface area contributed by atoms with Gasteiger partial charge in [0, 0.05) is 21.6 Å². The van der Waals surface area contributed by atoms with E-state index in [9.17, 15) is 9.59 Å². The Morgan fingerprint density at radius 2 is 1.98 bits per heavy atom. The molecule has 1 aliphatic rings. The van der Waals surface area contributed by atoms with Gasteiger partial charge in [0.15, 0.2) is 9.89 Å². The second kappa shape index (κ2) is 12.3. The Labute approximate surface area is 244 Å². The number of methoxy groups -OCH3 is 1. The van der Waals surface area contributed by atoms with Crippen molar-refractivity contribution >= 4 is 46.7 Å². The van der Waals surface area contributed by atoms with Crippen molar-refractivity contribution in [3.8, 4) is 5.75 Å². The van der Waals surface area contributed by atoms with Gasteiger partial charge in [0.2, 0.25) is 0 Å². The number of aromatic nitrogens is 1. The van der Waals surface area contributed by atoms with Crippen LogP contribution in [0.25, 0.3) is 6.08 Å². The third-order valence-electron chi connectivity index (χ3n) is 6.22. The number of benzene rings is 2. The number of thiazole rings is 1. The van der Waals surface area contributed by atoms with Gasteiger partial charge < -0.3 is 13.9 Å². The summed E-state index contributed by atoms with van der Waals surface area (Å²) < 4.78 is 19.1. The quantitative estimate of drug-likeness (QED) is 0.222. The van der Waals surface area contributed by atoms with E-state index < -0.39 is 12.0 Å². The second-order valence-electron chi connectivity index (χ2n) is 8.87. The maximum Gasteiger partial charge on any atom is 0.338 e. The number of hydrogen-bond donors (Lipinski definition) is 0. The molecule has 0 amide bonds. The molecule has 0 fully saturated rings. The summed E-state index contributed by atoms with van der Waals surface area (Å²) in [7, 11) is 1.54. The number of esters is 1. The number of halogens is 1. The maximum atomic E-state index is 14.0. The molecule has 4 aromatic rings. The van der Waals surface area contributed by atoms with E-state index >= 15 is 0 Å². The Morgan fingerprint density at radius 1 is 1.18 bits per heavy atom. The minimum absolute atomic E-state index is 0.188. The van der Waals surface area contributed by atoms with E-state index in [1.165, 1.54) is 27.7 Å². The zero-order valence-electron chi connectivity index (χ0n) is 22.2. The molecule has 1 aliphatic heterocycles. The van der Waals surface area contributed by atoms with Crippen LogP contribution in [0.15, 0.2) is 96.1 Å². The molecule has 2 aromatic carbocycles. The first-order chi connectivity index (χ1) is 19.4. The van der Waals surface area contributed by atoms with Crippen molar-refractivity contribution in [2.75, 3.05) is 13.7 Å². The molecule has 0 unspecified atom stereocenters. The molecular weight excluding hydrogens is 568 g/mol. The zero-order valence-corrected chi connectivity index (χ0v) is 24.6. The molecule has 206 valence electrons. The molecule has 0 saturated carbocycles. The lowest BCUT2D eigenvalue weighted by Gasteiger charge is -2.27. The van der Waals surface area contributed by atoms with Gasteiger partial charge in [-0.3, -0.25) is 9.36 Å². The third kappa shape index (κ3) is 5.68. The highest BCUT2D eigenvalue weighted by molar-refractivity contribution is 7.99. The van der Waals surface area contributed by atoms with Crippen LogP contribution >= 0.6 is 34.7 Å². The number of rotatable bonds is 9. The fourth-order valence-corrected chi connectivity index (χ4v) is 6.51. The van der Waals surface area contributed by atoms with Crippen LogP contribution in [0.5, 0.6) is 5.75 Å². The van der Waals surface area contributed by atoms with Crippen molar-refractivity contribution < 1.29 is 18.7 Å². The van der Waals surface area contributed by atoms with E-state index in [1.807, 2.05) is 49.4 Å². The Hall–Kier alpha value is -3.53. The molecule has 5 rings (SSSR count). The lowest BCUT2D eigenvalue weighted by atomic mass is 9.93. The first-order valence-corrected chi connectivity index (χ1v) is 14.8. The lowest BCUT2D eigenvalue weighted by Crippen LogP contribution is -2.40. The van der Waals surface area contributed by atoms with Gasteiger partial charge >= 0.3 is 5.97 Å². The van der Waals surface area contributed by atoms with E-state index in [-0.39, 0.29) is 12.2 Å². The van der Waals surface area contributed by atoms with Gasteiger partial charge in [0.05, 0.1) is 29.5 Å². The molecule has 7 nitrogen and oxygen atoms in total. The molecule has 1 atom stereocenters. The predicted molar refractivity (Wildman–Crippen MR) is 157 cm³/mol. The molecule has 0 bridgehead atoms. The third-order valence-corrected chi connectivity index (χ3v) is 8.36. The molecule has 3 heterocycles. The van der Waals surface area contributed by atoms with E-state index in [0.29, 0.717) is 54.2 Å². The largest absolute Gasteiger partial charge is 0.496 e. The normalized spacial score (nSPS) is 15.1. The van der Waals surface area contributed by atoms with Crippen LogP contribution in [0.3, 0.4) is 0 Å². The monoisotopic (exact) mass is 594 g/mol. The minimum Gasteiger partial charge on any atom is -0.496 e. The van der Waals surface area contributed by atoms with Gasteiger partial charge in [-0.2, -0.15) is 0 Å². The summed E-state index contributed by atoms with van der Waals surface area (Å²) in [5, 5.41) is 1.16. The molecule has 0 saturated heterocycles. The maximum absolute atomic E-state index is 14.0. The van der Waals surface area contributed by atoms with E-state index in [0.717, 1.165) is 11.3 Å². The van der Waals surface area contributed by atoms with Crippen LogP contribution in [0, 0.1) is 0 Å². The summed E-state index contributed by atoms with van der Waals surface area (Å²) in [6.07, 6.45) is 3.00. The number of carbonyl (C=O) groups is 1. The molecule has 0 aliphatic carbocycles. The molecule has 10 heteroatoms. The number of nitrogens with zero attached hydrogens (tertiary/aromatic N) is 2. The van der Waals surface area contributed by atoms with Crippen molar-refractivity contribution in [1.29, 1.82) is 0 Å². The number of ether oxygens (including phenoxy) is 2. The molecule has 0 radical (unpaired) electrons. The smallest absolute Gasteiger partial charge is 0.338 e. The van der Waals surface area contributed by atoms with Gasteiger partial charge in [-0.25, -0.2) is 9.79 Å². The Kier molecular flexibility index (Phi) is 8.63. The SMILES string of the molecule is CCCC1=C(C(=O)OCC)[C@H](c2cc(Cl)ccc2OC)n2c(s/c(=C/c3ccc(Sc4ccccc4)o3)c2=O)=N1. The van der Waals surface area contributed by atoms with Gasteiger partial charge in [-0.15, -0.1) is 0 Å². The van der Waals surface area contributed by atoms with Crippen molar-refractivity contribution in [2.45, 2.75) is 42.7 Å². The Balaban J connectivity index is 1.67. The first-order valence-electron chi connectivity index (χ1n) is 12.8. The Morgan fingerprint density at radius 3 is 2.70 bits per heavy atom. The Bertz CT molecular complexity index is 1750. The number of furan rings is 1. The van der Waals surface area contributed by atoms with E-state index in [2.05, 4.69) is 0 Å². The minimum atomic E-state index is -0.826. The number of hydrogen-bond acceptors (Lipinski definition) is 8. The van der Waals surface area contributed by atoms with Crippen molar-refractivity contribution in [3.63, 3.8) is 0 Å². The topological polar surface area (TPSA) is 83.0 Å². The van der Waals surface area contributed by atoms with Crippen LogP contribution in [0.2, 0.25) is 5.02 Å². The number of fused-ring (bicyclic) bond motifs is 1. The average Bonchev–Trinajstić information content (AvgIpc) is 3.52. The molecule has 2 aromatic heterocycles. The van der Waals surface area contributed by atoms with Crippen molar-refractivity contribution in [2.24, 2.45) is 4.99 Å². The standard InChI is InChI=1S/C30H27ClN2O5S2/c1-4-9-22-26(29(35)37-5-2)27(21-16-18(31)12-14-23(21)36-3)33-28(34)24(40-30(33)32-22)17-19-13-15-25(38-19)39-20-10-7-6-8-11-20/h6-8,10-17,27H,4-5,9H2,1-3H3/b24-17+/t27-/m0/s1. The first kappa shape index (κ1) is 28.0. The molecular formula is C30H27ClN2O5S2. The van der Waals surface area contributed by atoms with Crippen molar-refractivity contribution in [3.05, 3.63) is 108 Å². The van der Waals surface area contributed by atoms with Gasteiger partial charge in [-0.05, 0) is 55.8 Å². The second-order valence-corrected chi connectivity index (χ2v) is 11.4. The molecule has 0 N–H and O–H groups in total. The average molecular weight is 595 g/mol. The summed E-state index contributed by atoms with van der Waals surface area (Å²) >= 11 is 9.14. The summed E-state index contributed by atoms with van der Waals surface area (Å²) in [6.45, 7) is 3.95. The molecule has 0 spiro atoms. The number of carbonyl (C=O) groups excluding carboxylic acids is 1. The van der Waals surface area contributed by atoms with Crippen LogP contribution in [-0.4, -0.2) is 24.3 Å². The van der Waals surface area contributed by atoms with E-state index in [1.54, 1.807) is 38.3 Å². The van der Waals surface area contributed by atoms with Gasteiger partial charge in [0.25, 0.3) is 5.56 Å². The van der Waals surface area contributed by atoms with Gasteiger partial charge in [0.1, 0.15) is 17.6 Å². The van der Waals surface area contributed by atoms with Crippen molar-refractivity contribution in [1.82, 2.24) is 4.57 Å². The van der Waals surface area contributed by atoms with E-state index in [4.69, 9.17) is 30.5 Å². The highest BCUT2D eigenvalue weighted by Crippen LogP contribution is 2.38. The van der Waals surface area contributed by atoms with Crippen LogP contribution in [0.1, 0.15) is 44.1 Å². The highest BCUT2D eigenvalue weighted by Gasteiger charge is 2.36. The highest BCUT2D eigenvalue weighted by atomic mass is 35.5.